The second kappa shape index (κ2) is 7.02. The van der Waals surface area contributed by atoms with Crippen LogP contribution < -0.4 is 0 Å². The Hall–Kier alpha value is -3.11. The number of nitro benzene ring substituents is 1. The predicted octanol–water partition coefficient (Wildman–Crippen LogP) is 1.37. The van der Waals surface area contributed by atoms with E-state index in [2.05, 4.69) is 9.50 Å². The highest BCUT2D eigenvalue weighted by molar-refractivity contribution is 7.90. The Morgan fingerprint density at radius 2 is 1.88 bits per heavy atom. The number of benzene rings is 2. The zero-order chi connectivity index (χ0) is 18.7. The van der Waals surface area contributed by atoms with Crippen LogP contribution in [0.2, 0.25) is 0 Å². The number of nitrogens with zero attached hydrogens (tertiary/aromatic N) is 4. The van der Waals surface area contributed by atoms with Crippen molar-refractivity contribution >= 4 is 27.8 Å². The molecule has 0 unspecified atom stereocenters. The summed E-state index contributed by atoms with van der Waals surface area (Å²) in [5.74, 6) is 0.118. The average molecular weight is 374 g/mol. The monoisotopic (exact) mass is 374 g/mol. The standard InChI is InChI=1S/C16H14N4O5S/c21-10-9-19(17-11-12-5-7-13(8-6-12)20(22)23)16-14-3-1-2-4-15(14)26(24,25)18-16/h1-8,11,21H,9-10H2/b17-11+. The molecule has 0 aromatic heterocycles. The van der Waals surface area contributed by atoms with Crippen molar-refractivity contribution in [2.45, 2.75) is 4.90 Å². The van der Waals surface area contributed by atoms with Gasteiger partial charge in [0.05, 0.1) is 24.3 Å². The first-order chi connectivity index (χ1) is 12.4. The summed E-state index contributed by atoms with van der Waals surface area (Å²) in [6.45, 7) is -0.231. The fourth-order valence-corrected chi connectivity index (χ4v) is 3.61. The molecule has 134 valence electrons. The minimum absolute atomic E-state index is 0.0339. The molecule has 9 nitrogen and oxygen atoms in total. The Labute approximate surface area is 149 Å². The van der Waals surface area contributed by atoms with Gasteiger partial charge in [-0.1, -0.05) is 12.1 Å². The van der Waals surface area contributed by atoms with Gasteiger partial charge in [0.25, 0.3) is 15.7 Å². The van der Waals surface area contributed by atoms with Gasteiger partial charge in [-0.25, -0.2) is 5.01 Å². The largest absolute Gasteiger partial charge is 0.394 e. The molecule has 3 rings (SSSR count). The predicted molar refractivity (Wildman–Crippen MR) is 94.6 cm³/mol. The SMILES string of the molecule is O=[N+]([O-])c1ccc(/C=N/N(CCO)C2=NS(=O)(=O)c3ccccc32)cc1. The summed E-state index contributed by atoms with van der Waals surface area (Å²) in [5, 5.41) is 25.4. The maximum Gasteiger partial charge on any atom is 0.285 e. The Balaban J connectivity index is 1.92. The highest BCUT2D eigenvalue weighted by atomic mass is 32.2. The summed E-state index contributed by atoms with van der Waals surface area (Å²) in [4.78, 5) is 10.3. The number of nitro groups is 1. The van der Waals surface area contributed by atoms with Gasteiger partial charge < -0.3 is 5.11 Å². The molecule has 10 heteroatoms. The van der Waals surface area contributed by atoms with E-state index in [1.54, 1.807) is 18.2 Å². The van der Waals surface area contributed by atoms with Crippen LogP contribution in [0.5, 0.6) is 0 Å². The van der Waals surface area contributed by atoms with Crippen molar-refractivity contribution in [3.8, 4) is 0 Å². The molecule has 1 N–H and O–H groups in total. The van der Waals surface area contributed by atoms with Gasteiger partial charge >= 0.3 is 0 Å². The summed E-state index contributed by atoms with van der Waals surface area (Å²) < 4.78 is 28.1. The van der Waals surface area contributed by atoms with Gasteiger partial charge in [-0.05, 0) is 29.8 Å². The number of rotatable bonds is 5. The quantitative estimate of drug-likeness (QED) is 0.479. The summed E-state index contributed by atoms with van der Waals surface area (Å²) in [6, 6.07) is 12.1. The molecule has 0 saturated heterocycles. The van der Waals surface area contributed by atoms with E-state index in [4.69, 9.17) is 0 Å². The third-order valence-corrected chi connectivity index (χ3v) is 4.94. The fourth-order valence-electron chi connectivity index (χ4n) is 2.41. The van der Waals surface area contributed by atoms with Crippen LogP contribution >= 0.6 is 0 Å². The van der Waals surface area contributed by atoms with Crippen molar-refractivity contribution in [2.75, 3.05) is 13.2 Å². The van der Waals surface area contributed by atoms with Crippen molar-refractivity contribution in [2.24, 2.45) is 9.50 Å². The van der Waals surface area contributed by atoms with Crippen LogP contribution in [0.4, 0.5) is 5.69 Å². The molecule has 0 fully saturated rings. The van der Waals surface area contributed by atoms with Crippen LogP contribution in [0, 0.1) is 10.1 Å². The summed E-state index contributed by atoms with van der Waals surface area (Å²) >= 11 is 0. The minimum atomic E-state index is -3.80. The molecule has 1 aliphatic heterocycles. The number of hydrazone groups is 1. The van der Waals surface area contributed by atoms with Crippen molar-refractivity contribution < 1.29 is 18.4 Å². The third kappa shape index (κ3) is 3.46. The van der Waals surface area contributed by atoms with Gasteiger partial charge in [0.15, 0.2) is 5.84 Å². The minimum Gasteiger partial charge on any atom is -0.394 e. The molecule has 2 aromatic rings. The van der Waals surface area contributed by atoms with Crippen LogP contribution in [-0.2, 0) is 10.0 Å². The molecular formula is C16H14N4O5S. The molecule has 0 atom stereocenters. The van der Waals surface area contributed by atoms with Gasteiger partial charge in [-0.3, -0.25) is 10.1 Å². The van der Waals surface area contributed by atoms with Crippen LogP contribution in [0.25, 0.3) is 0 Å². The molecule has 0 saturated carbocycles. The smallest absolute Gasteiger partial charge is 0.285 e. The second-order valence-electron chi connectivity index (χ2n) is 5.33. The summed E-state index contributed by atoms with van der Waals surface area (Å²) in [7, 11) is -3.80. The molecule has 2 aromatic carbocycles. The lowest BCUT2D eigenvalue weighted by Crippen LogP contribution is -2.28. The third-order valence-electron chi connectivity index (χ3n) is 3.62. The first-order valence-corrected chi connectivity index (χ1v) is 8.97. The molecule has 0 amide bonds. The molecule has 26 heavy (non-hydrogen) atoms. The average Bonchev–Trinajstić information content (AvgIpc) is 2.90. The van der Waals surface area contributed by atoms with Crippen LogP contribution in [0.15, 0.2) is 62.9 Å². The van der Waals surface area contributed by atoms with Crippen LogP contribution in [-0.4, -0.2) is 48.7 Å². The molecule has 1 heterocycles. The number of hydrogen-bond acceptors (Lipinski definition) is 7. The zero-order valence-electron chi connectivity index (χ0n) is 13.4. The van der Waals surface area contributed by atoms with Crippen LogP contribution in [0.1, 0.15) is 11.1 Å². The van der Waals surface area contributed by atoms with Gasteiger partial charge in [0.1, 0.15) is 4.90 Å². The van der Waals surface area contributed by atoms with E-state index in [-0.39, 0.29) is 29.6 Å². The van der Waals surface area contributed by atoms with Crippen molar-refractivity contribution in [1.82, 2.24) is 5.01 Å². The van der Waals surface area contributed by atoms with E-state index in [0.717, 1.165) is 0 Å². The number of fused-ring (bicyclic) bond motifs is 1. The molecule has 0 spiro atoms. The highest BCUT2D eigenvalue weighted by Gasteiger charge is 2.31. The highest BCUT2D eigenvalue weighted by Crippen LogP contribution is 2.27. The lowest BCUT2D eigenvalue weighted by molar-refractivity contribution is -0.384. The van der Waals surface area contributed by atoms with Gasteiger partial charge in [-0.2, -0.15) is 13.5 Å². The van der Waals surface area contributed by atoms with Crippen molar-refractivity contribution in [3.63, 3.8) is 0 Å². The second-order valence-corrected chi connectivity index (χ2v) is 6.90. The number of amidine groups is 1. The number of aliphatic hydroxyl groups excluding tert-OH is 1. The van der Waals surface area contributed by atoms with Gasteiger partial charge in [0.2, 0.25) is 0 Å². The zero-order valence-corrected chi connectivity index (χ0v) is 14.2. The Morgan fingerprint density at radius 1 is 1.19 bits per heavy atom. The number of aliphatic hydroxyl groups is 1. The molecule has 0 aliphatic carbocycles. The van der Waals surface area contributed by atoms with Crippen LogP contribution in [0.3, 0.4) is 0 Å². The maximum atomic E-state index is 12.2. The fraction of sp³-hybridized carbons (Fsp3) is 0.125. The van der Waals surface area contributed by atoms with E-state index in [1.165, 1.54) is 41.6 Å². The Kier molecular flexibility index (Phi) is 4.78. The lowest BCUT2D eigenvalue weighted by Gasteiger charge is -2.17. The first kappa shape index (κ1) is 17.7. The first-order valence-electron chi connectivity index (χ1n) is 7.53. The Bertz CT molecular complexity index is 1000. The van der Waals surface area contributed by atoms with E-state index in [0.29, 0.717) is 11.1 Å². The maximum absolute atomic E-state index is 12.2. The Morgan fingerprint density at radius 3 is 2.54 bits per heavy atom. The van der Waals surface area contributed by atoms with E-state index < -0.39 is 14.9 Å². The van der Waals surface area contributed by atoms with E-state index >= 15 is 0 Å². The topological polar surface area (TPSA) is 125 Å². The van der Waals surface area contributed by atoms with Gasteiger partial charge in [-0.15, -0.1) is 4.40 Å². The van der Waals surface area contributed by atoms with Gasteiger partial charge in [0, 0.05) is 17.7 Å². The summed E-state index contributed by atoms with van der Waals surface area (Å²) in [5.41, 5.74) is 0.935. The molecule has 0 radical (unpaired) electrons. The number of sulfonamides is 1. The van der Waals surface area contributed by atoms with Crippen molar-refractivity contribution in [3.05, 3.63) is 69.8 Å². The van der Waals surface area contributed by atoms with E-state index in [1.807, 2.05) is 0 Å². The van der Waals surface area contributed by atoms with E-state index in [9.17, 15) is 23.6 Å². The lowest BCUT2D eigenvalue weighted by atomic mass is 10.2. The van der Waals surface area contributed by atoms with Crippen molar-refractivity contribution in [1.29, 1.82) is 0 Å². The molecule has 0 bridgehead atoms. The molecular weight excluding hydrogens is 360 g/mol. The molecule has 1 aliphatic rings. The normalized spacial score (nSPS) is 14.9. The summed E-state index contributed by atoms with van der Waals surface area (Å²) in [6.07, 6.45) is 1.41. The number of hydrogen-bond donors (Lipinski definition) is 1. The number of non-ortho nitro benzene ring substituents is 1.